The average Bonchev–Trinajstić information content (AvgIpc) is 2.64. The molecule has 3 heteroatoms. The maximum atomic E-state index is 4.16. The van der Waals surface area contributed by atoms with E-state index in [9.17, 15) is 0 Å². The first-order chi connectivity index (χ1) is 9.33. The van der Waals surface area contributed by atoms with Gasteiger partial charge in [-0.3, -0.25) is 9.88 Å². The topological polar surface area (TPSA) is 28.2 Å². The van der Waals surface area contributed by atoms with Gasteiger partial charge in [0.1, 0.15) is 0 Å². The molecule has 2 aromatic rings. The van der Waals surface area contributed by atoms with Crippen LogP contribution in [0.3, 0.4) is 0 Å². The Balaban J connectivity index is 1.80. The molecule has 0 amide bonds. The molecule has 0 unspecified atom stereocenters. The molecule has 3 rings (SSSR count). The summed E-state index contributed by atoms with van der Waals surface area (Å²) < 4.78 is 0. The Hall–Kier alpha value is -1.45. The first-order valence-electron chi connectivity index (χ1n) is 7.10. The highest BCUT2D eigenvalue weighted by atomic mass is 15.2. The monoisotopic (exact) mass is 255 g/mol. The lowest BCUT2D eigenvalue weighted by Crippen LogP contribution is -2.33. The highest BCUT2D eigenvalue weighted by Gasteiger charge is 2.16. The first kappa shape index (κ1) is 12.6. The number of rotatable bonds is 2. The van der Waals surface area contributed by atoms with Crippen LogP contribution in [-0.4, -0.2) is 35.6 Å². The van der Waals surface area contributed by atoms with Gasteiger partial charge in [-0.25, -0.2) is 0 Å². The van der Waals surface area contributed by atoms with Gasteiger partial charge >= 0.3 is 0 Å². The lowest BCUT2D eigenvalue weighted by molar-refractivity contribution is 0.211. The summed E-state index contributed by atoms with van der Waals surface area (Å²) >= 11 is 0. The number of aromatic nitrogens is 1. The third kappa shape index (κ3) is 2.94. The van der Waals surface area contributed by atoms with Gasteiger partial charge in [-0.05, 0) is 43.0 Å². The van der Waals surface area contributed by atoms with Gasteiger partial charge in [-0.2, -0.15) is 0 Å². The molecule has 3 nitrogen and oxygen atoms in total. The molecular weight excluding hydrogens is 234 g/mol. The molecule has 100 valence electrons. The lowest BCUT2D eigenvalue weighted by atomic mass is 10.1. The van der Waals surface area contributed by atoms with Gasteiger partial charge in [0.15, 0.2) is 0 Å². The Morgan fingerprint density at radius 2 is 2.21 bits per heavy atom. The van der Waals surface area contributed by atoms with Crippen LogP contribution in [0.5, 0.6) is 0 Å². The average molecular weight is 255 g/mol. The maximum Gasteiger partial charge on any atom is 0.0346 e. The molecule has 1 fully saturated rings. The summed E-state index contributed by atoms with van der Waals surface area (Å²) in [5, 5.41) is 5.98. The number of hydrogen-bond acceptors (Lipinski definition) is 3. The number of fused-ring (bicyclic) bond motifs is 1. The molecule has 1 atom stereocenters. The van der Waals surface area contributed by atoms with Crippen molar-refractivity contribution >= 4 is 10.8 Å². The number of pyridine rings is 1. The van der Waals surface area contributed by atoms with Gasteiger partial charge in [0.2, 0.25) is 0 Å². The van der Waals surface area contributed by atoms with Gasteiger partial charge in [-0.1, -0.05) is 12.1 Å². The zero-order valence-corrected chi connectivity index (χ0v) is 11.5. The van der Waals surface area contributed by atoms with E-state index >= 15 is 0 Å². The summed E-state index contributed by atoms with van der Waals surface area (Å²) in [7, 11) is 0. The molecule has 0 radical (unpaired) electrons. The number of benzene rings is 1. The van der Waals surface area contributed by atoms with Gasteiger partial charge in [0.25, 0.3) is 0 Å². The Morgan fingerprint density at radius 1 is 1.26 bits per heavy atom. The molecular formula is C16H21N3. The van der Waals surface area contributed by atoms with Gasteiger partial charge in [-0.15, -0.1) is 0 Å². The van der Waals surface area contributed by atoms with E-state index < -0.39 is 0 Å². The second-order valence-corrected chi connectivity index (χ2v) is 5.42. The fraction of sp³-hybridized carbons (Fsp3) is 0.438. The number of hydrogen-bond donors (Lipinski definition) is 1. The molecule has 1 aromatic carbocycles. The molecule has 1 aliphatic heterocycles. The molecule has 1 saturated heterocycles. The minimum absolute atomic E-state index is 0.656. The molecule has 1 aromatic heterocycles. The molecule has 0 saturated carbocycles. The molecule has 0 aliphatic carbocycles. The predicted molar refractivity (Wildman–Crippen MR) is 79.1 cm³/mol. The minimum atomic E-state index is 0.656. The molecule has 2 heterocycles. The summed E-state index contributed by atoms with van der Waals surface area (Å²) in [6, 6.07) is 9.45. The Bertz CT molecular complexity index is 552. The molecule has 19 heavy (non-hydrogen) atoms. The third-order valence-corrected chi connectivity index (χ3v) is 4.03. The second-order valence-electron chi connectivity index (χ2n) is 5.42. The summed E-state index contributed by atoms with van der Waals surface area (Å²) in [6.45, 7) is 6.75. The summed E-state index contributed by atoms with van der Waals surface area (Å²) in [5.74, 6) is 0. The van der Waals surface area contributed by atoms with E-state index in [0.717, 1.165) is 26.2 Å². The number of nitrogens with zero attached hydrogens (tertiary/aromatic N) is 2. The highest BCUT2D eigenvalue weighted by Crippen LogP contribution is 2.17. The van der Waals surface area contributed by atoms with Crippen LogP contribution in [0, 0.1) is 0 Å². The first-order valence-corrected chi connectivity index (χ1v) is 7.10. The van der Waals surface area contributed by atoms with Crippen molar-refractivity contribution in [1.29, 1.82) is 0 Å². The summed E-state index contributed by atoms with van der Waals surface area (Å²) in [4.78, 5) is 6.74. The van der Waals surface area contributed by atoms with Gasteiger partial charge in [0.05, 0.1) is 0 Å². The van der Waals surface area contributed by atoms with Crippen molar-refractivity contribution in [2.45, 2.75) is 25.9 Å². The fourth-order valence-corrected chi connectivity index (χ4v) is 2.76. The van der Waals surface area contributed by atoms with Crippen LogP contribution in [0.2, 0.25) is 0 Å². The molecule has 0 bridgehead atoms. The Morgan fingerprint density at radius 3 is 3.16 bits per heavy atom. The van der Waals surface area contributed by atoms with Crippen LogP contribution in [0.15, 0.2) is 36.7 Å². The van der Waals surface area contributed by atoms with Crippen LogP contribution in [0.4, 0.5) is 0 Å². The van der Waals surface area contributed by atoms with Crippen molar-refractivity contribution in [3.05, 3.63) is 42.2 Å². The Kier molecular flexibility index (Phi) is 3.76. The van der Waals surface area contributed by atoms with Crippen LogP contribution in [0.25, 0.3) is 10.8 Å². The van der Waals surface area contributed by atoms with Gasteiger partial charge in [0, 0.05) is 43.5 Å². The Labute approximate surface area is 114 Å². The quantitative estimate of drug-likeness (QED) is 0.893. The van der Waals surface area contributed by atoms with Crippen LogP contribution >= 0.6 is 0 Å². The van der Waals surface area contributed by atoms with Crippen molar-refractivity contribution < 1.29 is 0 Å². The largest absolute Gasteiger partial charge is 0.315 e. The van der Waals surface area contributed by atoms with E-state index in [1.54, 1.807) is 0 Å². The highest BCUT2D eigenvalue weighted by molar-refractivity contribution is 5.81. The summed E-state index contributed by atoms with van der Waals surface area (Å²) in [5.41, 5.74) is 1.40. The normalized spacial score (nSPS) is 21.4. The second kappa shape index (κ2) is 5.68. The molecule has 1 N–H and O–H groups in total. The molecule has 1 aliphatic rings. The van der Waals surface area contributed by atoms with E-state index in [1.807, 2.05) is 12.4 Å². The standard InChI is InChI=1S/C16H21N3/c1-13-4-6-17-8-9-19(13)12-14-2-3-16-11-18-7-5-15(16)10-14/h2-3,5,7,10-11,13,17H,4,6,8-9,12H2,1H3/t13-/m0/s1. The van der Waals surface area contributed by atoms with Gasteiger partial charge < -0.3 is 5.32 Å². The van der Waals surface area contributed by atoms with E-state index in [-0.39, 0.29) is 0 Å². The van der Waals surface area contributed by atoms with E-state index in [0.29, 0.717) is 6.04 Å². The van der Waals surface area contributed by atoms with E-state index in [2.05, 4.69) is 46.4 Å². The summed E-state index contributed by atoms with van der Waals surface area (Å²) in [6.07, 6.45) is 5.03. The minimum Gasteiger partial charge on any atom is -0.315 e. The van der Waals surface area contributed by atoms with Crippen molar-refractivity contribution in [2.75, 3.05) is 19.6 Å². The van der Waals surface area contributed by atoms with E-state index in [4.69, 9.17) is 0 Å². The van der Waals surface area contributed by atoms with Crippen molar-refractivity contribution in [2.24, 2.45) is 0 Å². The van der Waals surface area contributed by atoms with E-state index in [1.165, 1.54) is 22.8 Å². The van der Waals surface area contributed by atoms with Crippen molar-refractivity contribution in [3.8, 4) is 0 Å². The predicted octanol–water partition coefficient (Wildman–Crippen LogP) is 2.42. The smallest absolute Gasteiger partial charge is 0.0346 e. The maximum absolute atomic E-state index is 4.16. The van der Waals surface area contributed by atoms with Crippen LogP contribution < -0.4 is 5.32 Å². The third-order valence-electron chi connectivity index (χ3n) is 4.03. The van der Waals surface area contributed by atoms with Crippen LogP contribution in [0.1, 0.15) is 18.9 Å². The molecule has 0 spiro atoms. The lowest BCUT2D eigenvalue weighted by Gasteiger charge is -2.26. The zero-order valence-electron chi connectivity index (χ0n) is 11.5. The van der Waals surface area contributed by atoms with Crippen LogP contribution in [-0.2, 0) is 6.54 Å². The fourth-order valence-electron chi connectivity index (χ4n) is 2.76. The zero-order chi connectivity index (χ0) is 13.1. The van der Waals surface area contributed by atoms with Crippen molar-refractivity contribution in [3.63, 3.8) is 0 Å². The van der Waals surface area contributed by atoms with Crippen molar-refractivity contribution in [1.82, 2.24) is 15.2 Å². The number of nitrogens with one attached hydrogen (secondary N) is 1. The SMILES string of the molecule is C[C@H]1CCNCCN1Cc1ccc2cnccc2c1.